The maximum absolute atomic E-state index is 5.37. The second kappa shape index (κ2) is 11.7. The molecule has 0 aromatic heterocycles. The van der Waals surface area contributed by atoms with Crippen molar-refractivity contribution in [2.75, 3.05) is 53.5 Å². The van der Waals surface area contributed by atoms with Crippen LogP contribution in [-0.2, 0) is 6.42 Å². The molecule has 6 nitrogen and oxygen atoms in total. The molecule has 1 fully saturated rings. The van der Waals surface area contributed by atoms with E-state index < -0.39 is 0 Å². The van der Waals surface area contributed by atoms with Crippen LogP contribution in [0, 0.1) is 5.92 Å². The molecular formula is C21H36N4O2. The zero-order valence-corrected chi connectivity index (χ0v) is 17.4. The van der Waals surface area contributed by atoms with Crippen LogP contribution in [0.15, 0.2) is 23.2 Å². The first kappa shape index (κ1) is 21.4. The number of piperidine rings is 1. The normalized spacial score (nSPS) is 18.2. The Hall–Kier alpha value is -1.95. The molecule has 0 radical (unpaired) electrons. The van der Waals surface area contributed by atoms with E-state index in [9.17, 15) is 0 Å². The Kier molecular flexibility index (Phi) is 9.25. The van der Waals surface area contributed by atoms with Crippen molar-refractivity contribution in [2.24, 2.45) is 10.9 Å². The molecule has 1 aromatic rings. The zero-order chi connectivity index (χ0) is 19.5. The smallest absolute Gasteiger partial charge is 0.191 e. The van der Waals surface area contributed by atoms with Gasteiger partial charge in [-0.1, -0.05) is 13.0 Å². The summed E-state index contributed by atoms with van der Waals surface area (Å²) in [6, 6.07) is 6.06. The van der Waals surface area contributed by atoms with Crippen LogP contribution in [0.2, 0.25) is 0 Å². The lowest BCUT2D eigenvalue weighted by Crippen LogP contribution is -2.40. The van der Waals surface area contributed by atoms with Gasteiger partial charge in [-0.2, -0.15) is 0 Å². The van der Waals surface area contributed by atoms with Crippen molar-refractivity contribution in [3.63, 3.8) is 0 Å². The SMILES string of the molecule is CCNC(=NCCN1CCCC(C)C1)NCCc1ccc(OC)c(OC)c1. The number of nitrogens with one attached hydrogen (secondary N) is 2. The Morgan fingerprint density at radius 3 is 2.74 bits per heavy atom. The molecule has 0 aliphatic carbocycles. The van der Waals surface area contributed by atoms with E-state index in [1.165, 1.54) is 31.5 Å². The molecule has 1 aliphatic heterocycles. The van der Waals surface area contributed by atoms with Crippen molar-refractivity contribution >= 4 is 5.96 Å². The Bertz CT molecular complexity index is 592. The van der Waals surface area contributed by atoms with Crippen molar-refractivity contribution in [3.05, 3.63) is 23.8 Å². The second-order valence-electron chi connectivity index (χ2n) is 7.17. The van der Waals surface area contributed by atoms with Gasteiger partial charge in [0.25, 0.3) is 0 Å². The molecule has 2 rings (SSSR count). The average molecular weight is 377 g/mol. The van der Waals surface area contributed by atoms with Crippen molar-refractivity contribution in [1.82, 2.24) is 15.5 Å². The van der Waals surface area contributed by atoms with Gasteiger partial charge >= 0.3 is 0 Å². The second-order valence-corrected chi connectivity index (χ2v) is 7.17. The molecule has 152 valence electrons. The highest BCUT2D eigenvalue weighted by Gasteiger charge is 2.15. The molecule has 0 bridgehead atoms. The summed E-state index contributed by atoms with van der Waals surface area (Å²) in [7, 11) is 3.32. The van der Waals surface area contributed by atoms with Crippen LogP contribution in [0.3, 0.4) is 0 Å². The molecule has 1 aromatic carbocycles. The first-order chi connectivity index (χ1) is 13.2. The summed E-state index contributed by atoms with van der Waals surface area (Å²) >= 11 is 0. The maximum Gasteiger partial charge on any atom is 0.191 e. The van der Waals surface area contributed by atoms with Gasteiger partial charge in [-0.15, -0.1) is 0 Å². The highest BCUT2D eigenvalue weighted by atomic mass is 16.5. The summed E-state index contributed by atoms with van der Waals surface area (Å²) in [6.07, 6.45) is 3.57. The first-order valence-electron chi connectivity index (χ1n) is 10.1. The summed E-state index contributed by atoms with van der Waals surface area (Å²) in [5, 5.41) is 6.76. The van der Waals surface area contributed by atoms with Gasteiger partial charge in [0.1, 0.15) is 0 Å². The number of hydrogen-bond donors (Lipinski definition) is 2. The predicted octanol–water partition coefficient (Wildman–Crippen LogP) is 2.53. The topological polar surface area (TPSA) is 58.1 Å². The van der Waals surface area contributed by atoms with E-state index in [-0.39, 0.29) is 0 Å². The van der Waals surface area contributed by atoms with Crippen molar-refractivity contribution in [1.29, 1.82) is 0 Å². The Morgan fingerprint density at radius 1 is 1.22 bits per heavy atom. The van der Waals surface area contributed by atoms with Gasteiger partial charge in [0.15, 0.2) is 17.5 Å². The monoisotopic (exact) mass is 376 g/mol. The number of ether oxygens (including phenoxy) is 2. The van der Waals surface area contributed by atoms with Gasteiger partial charge in [0.05, 0.1) is 20.8 Å². The lowest BCUT2D eigenvalue weighted by Gasteiger charge is -2.30. The average Bonchev–Trinajstić information content (AvgIpc) is 2.68. The first-order valence-corrected chi connectivity index (χ1v) is 10.1. The van der Waals surface area contributed by atoms with Crippen LogP contribution in [0.1, 0.15) is 32.3 Å². The summed E-state index contributed by atoms with van der Waals surface area (Å²) in [5.41, 5.74) is 1.21. The van der Waals surface area contributed by atoms with Crippen LogP contribution in [-0.4, -0.2) is 64.3 Å². The van der Waals surface area contributed by atoms with Crippen LogP contribution in [0.5, 0.6) is 11.5 Å². The number of hydrogen-bond acceptors (Lipinski definition) is 4. The minimum atomic E-state index is 0.760. The number of rotatable bonds is 9. The molecule has 1 saturated heterocycles. The molecule has 2 N–H and O–H groups in total. The van der Waals surface area contributed by atoms with Gasteiger partial charge in [-0.05, 0) is 56.3 Å². The lowest BCUT2D eigenvalue weighted by molar-refractivity contribution is 0.189. The van der Waals surface area contributed by atoms with E-state index in [0.717, 1.165) is 56.0 Å². The molecule has 1 unspecified atom stereocenters. The quantitative estimate of drug-likeness (QED) is 0.512. The van der Waals surface area contributed by atoms with Gasteiger partial charge in [-0.25, -0.2) is 0 Å². The predicted molar refractivity (Wildman–Crippen MR) is 112 cm³/mol. The fraction of sp³-hybridized carbons (Fsp3) is 0.667. The minimum Gasteiger partial charge on any atom is -0.493 e. The molecule has 0 saturated carbocycles. The summed E-state index contributed by atoms with van der Waals surface area (Å²) < 4.78 is 10.7. The van der Waals surface area contributed by atoms with Crippen molar-refractivity contribution < 1.29 is 9.47 Å². The zero-order valence-electron chi connectivity index (χ0n) is 17.4. The van der Waals surface area contributed by atoms with Crippen LogP contribution in [0.4, 0.5) is 0 Å². The highest BCUT2D eigenvalue weighted by molar-refractivity contribution is 5.79. The van der Waals surface area contributed by atoms with Gasteiger partial charge in [-0.3, -0.25) is 4.99 Å². The van der Waals surface area contributed by atoms with E-state index in [1.807, 2.05) is 12.1 Å². The third-order valence-corrected chi connectivity index (χ3v) is 4.93. The lowest BCUT2D eigenvalue weighted by atomic mass is 10.0. The highest BCUT2D eigenvalue weighted by Crippen LogP contribution is 2.27. The molecule has 1 atom stereocenters. The van der Waals surface area contributed by atoms with Crippen molar-refractivity contribution in [2.45, 2.75) is 33.1 Å². The summed E-state index contributed by atoms with van der Waals surface area (Å²) in [5.74, 6) is 3.24. The minimum absolute atomic E-state index is 0.760. The third kappa shape index (κ3) is 7.29. The van der Waals surface area contributed by atoms with Gasteiger partial charge in [0, 0.05) is 26.2 Å². The number of nitrogens with zero attached hydrogens (tertiary/aromatic N) is 2. The van der Waals surface area contributed by atoms with Crippen LogP contribution < -0.4 is 20.1 Å². The number of likely N-dealkylation sites (tertiary alicyclic amines) is 1. The number of methoxy groups -OCH3 is 2. The number of benzene rings is 1. The maximum atomic E-state index is 5.37. The fourth-order valence-electron chi connectivity index (χ4n) is 3.50. The van der Waals surface area contributed by atoms with Gasteiger partial charge < -0.3 is 25.0 Å². The summed E-state index contributed by atoms with van der Waals surface area (Å²) in [4.78, 5) is 7.27. The van der Waals surface area contributed by atoms with E-state index in [2.05, 4.69) is 35.4 Å². The van der Waals surface area contributed by atoms with Crippen LogP contribution >= 0.6 is 0 Å². The van der Waals surface area contributed by atoms with Crippen molar-refractivity contribution in [3.8, 4) is 11.5 Å². The summed E-state index contributed by atoms with van der Waals surface area (Å²) in [6.45, 7) is 10.4. The Balaban J connectivity index is 1.79. The Morgan fingerprint density at radius 2 is 2.04 bits per heavy atom. The molecule has 1 aliphatic rings. The largest absolute Gasteiger partial charge is 0.493 e. The molecule has 0 spiro atoms. The molecule has 27 heavy (non-hydrogen) atoms. The molecule has 1 heterocycles. The van der Waals surface area contributed by atoms with E-state index in [1.54, 1.807) is 14.2 Å². The van der Waals surface area contributed by atoms with E-state index in [4.69, 9.17) is 14.5 Å². The van der Waals surface area contributed by atoms with Crippen LogP contribution in [0.25, 0.3) is 0 Å². The standard InChI is InChI=1S/C21H36N4O2/c1-5-22-21(24-12-14-25-13-6-7-17(2)16-25)23-11-10-18-8-9-19(26-3)20(15-18)27-4/h8-9,15,17H,5-7,10-14,16H2,1-4H3,(H2,22,23,24). The number of aliphatic imine (C=N–C) groups is 1. The molecular weight excluding hydrogens is 340 g/mol. The molecule has 6 heteroatoms. The van der Waals surface area contributed by atoms with E-state index in [0.29, 0.717) is 0 Å². The number of guanidine groups is 1. The van der Waals surface area contributed by atoms with Gasteiger partial charge in [0.2, 0.25) is 0 Å². The molecule has 0 amide bonds. The fourth-order valence-corrected chi connectivity index (χ4v) is 3.50. The Labute approximate surface area is 164 Å². The van der Waals surface area contributed by atoms with E-state index >= 15 is 0 Å². The third-order valence-electron chi connectivity index (χ3n) is 4.93.